The van der Waals surface area contributed by atoms with E-state index in [0.717, 1.165) is 25.4 Å². The van der Waals surface area contributed by atoms with E-state index >= 15 is 0 Å². The molecule has 0 radical (unpaired) electrons. The summed E-state index contributed by atoms with van der Waals surface area (Å²) < 4.78 is 20.7. The quantitative estimate of drug-likeness (QED) is 0.267. The molecule has 2 spiro atoms. The van der Waals surface area contributed by atoms with Crippen LogP contribution in [-0.2, 0) is 34.3 Å². The molecule has 10 rings (SSSR count). The first-order valence-corrected chi connectivity index (χ1v) is 16.9. The van der Waals surface area contributed by atoms with Crippen LogP contribution < -0.4 is 4.74 Å². The zero-order valence-corrected chi connectivity index (χ0v) is 25.8. The number of fused-ring (bicyclic) bond motifs is 2. The van der Waals surface area contributed by atoms with Crippen molar-refractivity contribution in [2.75, 3.05) is 26.8 Å². The van der Waals surface area contributed by atoms with Crippen molar-refractivity contribution in [3.63, 3.8) is 0 Å². The Morgan fingerprint density at radius 2 is 1.74 bits per heavy atom. The molecule has 6 atom stereocenters. The number of hydrogen-bond acceptors (Lipinski definition) is 4. The van der Waals surface area contributed by atoms with Gasteiger partial charge in [0.2, 0.25) is 0 Å². The number of ether oxygens (including phenoxy) is 3. The molecular weight excluding hydrogens is 530 g/mol. The summed E-state index contributed by atoms with van der Waals surface area (Å²) in [4.78, 5) is 2.94. The summed E-state index contributed by atoms with van der Waals surface area (Å²) in [7, 11) is 1.96. The Balaban J connectivity index is 1.04. The molecule has 3 aromatic carbocycles. The van der Waals surface area contributed by atoms with Crippen molar-refractivity contribution in [3.8, 4) is 16.9 Å². The molecule has 5 fully saturated rings. The summed E-state index contributed by atoms with van der Waals surface area (Å²) in [5, 5.41) is 0. The molecule has 0 N–H and O–H groups in total. The van der Waals surface area contributed by atoms with Gasteiger partial charge in [0.25, 0.3) is 0 Å². The van der Waals surface area contributed by atoms with Gasteiger partial charge >= 0.3 is 0 Å². The molecule has 4 heteroatoms. The molecule has 0 unspecified atom stereocenters. The molecule has 5 aliphatic carbocycles. The number of likely N-dealkylation sites (tertiary alicyclic amines) is 1. The van der Waals surface area contributed by atoms with E-state index in [-0.39, 0.29) is 22.5 Å². The highest BCUT2D eigenvalue weighted by Crippen LogP contribution is 2.76. The van der Waals surface area contributed by atoms with Gasteiger partial charge in [-0.25, -0.2) is 0 Å². The molecule has 0 amide bonds. The summed E-state index contributed by atoms with van der Waals surface area (Å²) in [5.74, 6) is 2.47. The van der Waals surface area contributed by atoms with Crippen LogP contribution in [0, 0.1) is 17.3 Å². The first-order valence-electron chi connectivity index (χ1n) is 16.9. The van der Waals surface area contributed by atoms with Crippen LogP contribution in [0.5, 0.6) is 5.75 Å². The Morgan fingerprint density at radius 1 is 0.930 bits per heavy atom. The Kier molecular flexibility index (Phi) is 6.01. The lowest BCUT2D eigenvalue weighted by molar-refractivity contribution is -0.283. The van der Waals surface area contributed by atoms with Gasteiger partial charge < -0.3 is 14.2 Å². The minimum absolute atomic E-state index is 0.0733. The van der Waals surface area contributed by atoms with Crippen LogP contribution >= 0.6 is 0 Å². The van der Waals surface area contributed by atoms with Gasteiger partial charge in [-0.2, -0.15) is 0 Å². The average Bonchev–Trinajstić information content (AvgIpc) is 3.80. The van der Waals surface area contributed by atoms with Crippen LogP contribution in [0.1, 0.15) is 67.7 Å². The van der Waals surface area contributed by atoms with E-state index < -0.39 is 0 Å². The Morgan fingerprint density at radius 3 is 2.51 bits per heavy atom. The molecule has 1 saturated heterocycles. The minimum Gasteiger partial charge on any atom is -0.486 e. The van der Waals surface area contributed by atoms with Gasteiger partial charge in [-0.05, 0) is 91.6 Å². The zero-order chi connectivity index (χ0) is 28.8. The first kappa shape index (κ1) is 26.7. The second-order valence-corrected chi connectivity index (χ2v) is 14.6. The predicted octanol–water partition coefficient (Wildman–Crippen LogP) is 7.36. The van der Waals surface area contributed by atoms with Gasteiger partial charge in [-0.3, -0.25) is 4.90 Å². The van der Waals surface area contributed by atoms with E-state index in [1.807, 2.05) is 7.11 Å². The first-order chi connectivity index (χ1) is 21.1. The Labute approximate surface area is 256 Å². The highest BCUT2D eigenvalue weighted by atomic mass is 16.6. The topological polar surface area (TPSA) is 30.9 Å². The number of benzene rings is 3. The van der Waals surface area contributed by atoms with Crippen molar-refractivity contribution in [1.29, 1.82) is 0 Å². The lowest BCUT2D eigenvalue weighted by Crippen LogP contribution is -2.81. The summed E-state index contributed by atoms with van der Waals surface area (Å²) in [6.45, 7) is 6.14. The fraction of sp³-hybridized carbons (Fsp3) is 0.538. The largest absolute Gasteiger partial charge is 0.486 e. The highest BCUT2D eigenvalue weighted by Gasteiger charge is 2.80. The summed E-state index contributed by atoms with van der Waals surface area (Å²) in [6.07, 6.45) is 9.84. The average molecular weight is 576 g/mol. The van der Waals surface area contributed by atoms with Crippen LogP contribution in [-0.4, -0.2) is 49.5 Å². The molecule has 7 aliphatic rings. The zero-order valence-electron chi connectivity index (χ0n) is 25.8. The monoisotopic (exact) mass is 575 g/mol. The van der Waals surface area contributed by atoms with E-state index in [2.05, 4.69) is 78.6 Å². The van der Waals surface area contributed by atoms with Crippen LogP contribution in [0.4, 0.5) is 0 Å². The van der Waals surface area contributed by atoms with Crippen molar-refractivity contribution >= 4 is 0 Å². The van der Waals surface area contributed by atoms with Gasteiger partial charge in [0.1, 0.15) is 17.5 Å². The van der Waals surface area contributed by atoms with Gasteiger partial charge in [0, 0.05) is 42.0 Å². The number of rotatable bonds is 9. The van der Waals surface area contributed by atoms with Gasteiger partial charge in [0.05, 0.1) is 13.2 Å². The molecule has 2 heterocycles. The third-order valence-electron chi connectivity index (χ3n) is 12.9. The van der Waals surface area contributed by atoms with Crippen LogP contribution in [0.25, 0.3) is 11.1 Å². The van der Waals surface area contributed by atoms with Crippen molar-refractivity contribution in [1.82, 2.24) is 4.90 Å². The second-order valence-electron chi connectivity index (χ2n) is 14.6. The molecule has 4 nitrogen and oxygen atoms in total. The maximum absolute atomic E-state index is 7.30. The number of nitrogens with zero attached hydrogens (tertiary/aromatic N) is 1. The summed E-state index contributed by atoms with van der Waals surface area (Å²) >= 11 is 0. The molecular formula is C39H45NO3. The fourth-order valence-electron chi connectivity index (χ4n) is 10.8. The molecule has 43 heavy (non-hydrogen) atoms. The SMILES string of the molecule is CCc1ccc2c3c1O[C@H]1[C@@]4(OC)CC[C@@]5(C[C@@H]4COCc4ccc(-c6ccccc6)cc4)[C@@H](C2)N(CC2CC2)CC[C@]315. The number of hydrogen-bond donors (Lipinski definition) is 0. The van der Waals surface area contributed by atoms with E-state index in [1.54, 1.807) is 11.1 Å². The fourth-order valence-corrected chi connectivity index (χ4v) is 10.8. The van der Waals surface area contributed by atoms with Crippen LogP contribution in [0.15, 0.2) is 66.7 Å². The van der Waals surface area contributed by atoms with E-state index in [4.69, 9.17) is 14.2 Å². The maximum atomic E-state index is 7.30. The number of aryl methyl sites for hydroxylation is 1. The van der Waals surface area contributed by atoms with Crippen molar-refractivity contribution in [2.45, 2.75) is 88.1 Å². The van der Waals surface area contributed by atoms with Crippen molar-refractivity contribution in [2.24, 2.45) is 17.3 Å². The second kappa shape index (κ2) is 9.67. The Hall–Kier alpha value is -2.66. The molecule has 4 bridgehead atoms. The number of piperidine rings is 1. The van der Waals surface area contributed by atoms with Gasteiger partial charge in [-0.1, -0.05) is 73.7 Å². The van der Waals surface area contributed by atoms with Crippen LogP contribution in [0.3, 0.4) is 0 Å². The third kappa shape index (κ3) is 3.61. The summed E-state index contributed by atoms with van der Waals surface area (Å²) in [5.41, 5.74) is 8.28. The minimum atomic E-state index is -0.305. The van der Waals surface area contributed by atoms with E-state index in [0.29, 0.717) is 18.6 Å². The normalized spacial score (nSPS) is 35.1. The lowest BCUT2D eigenvalue weighted by atomic mass is 9.35. The molecule has 0 aromatic heterocycles. The summed E-state index contributed by atoms with van der Waals surface area (Å²) in [6, 6.07) is 24.9. The lowest BCUT2D eigenvalue weighted by Gasteiger charge is -2.74. The number of methoxy groups -OCH3 is 1. The van der Waals surface area contributed by atoms with E-state index in [1.165, 1.54) is 79.6 Å². The maximum Gasteiger partial charge on any atom is 0.138 e. The van der Waals surface area contributed by atoms with E-state index in [9.17, 15) is 0 Å². The van der Waals surface area contributed by atoms with Crippen molar-refractivity contribution < 1.29 is 14.2 Å². The predicted molar refractivity (Wildman–Crippen MR) is 169 cm³/mol. The molecule has 3 aromatic rings. The standard InChI is InChI=1S/C39H45NO3/c1-3-28-15-16-31-21-33-37-17-18-39(41-2,36-38(37,34(31)35(28)43-36)19-20-40(33)23-26-9-10-26)32(22-37)25-42-24-27-11-13-30(14-12-27)29-7-5-4-6-8-29/h4-8,11-16,26,32-33,36H,3,9-10,17-25H2,1-2H3/t32-,33-,36-,37-,38+,39-/m1/s1. The van der Waals surface area contributed by atoms with Gasteiger partial charge in [0.15, 0.2) is 0 Å². The van der Waals surface area contributed by atoms with Gasteiger partial charge in [-0.15, -0.1) is 0 Å². The molecule has 4 saturated carbocycles. The highest BCUT2D eigenvalue weighted by molar-refractivity contribution is 5.63. The molecule has 2 aliphatic heterocycles. The molecule has 224 valence electrons. The third-order valence-corrected chi connectivity index (χ3v) is 12.9. The van der Waals surface area contributed by atoms with Crippen LogP contribution in [0.2, 0.25) is 0 Å². The smallest absolute Gasteiger partial charge is 0.138 e. The Bertz CT molecular complexity index is 1530. The van der Waals surface area contributed by atoms with Crippen molar-refractivity contribution in [3.05, 3.63) is 89.0 Å².